The van der Waals surface area contributed by atoms with Crippen molar-refractivity contribution in [3.63, 3.8) is 0 Å². The Morgan fingerprint density at radius 3 is 2.62 bits per heavy atom. The lowest BCUT2D eigenvalue weighted by Crippen LogP contribution is -2.46. The van der Waals surface area contributed by atoms with Gasteiger partial charge in [0.25, 0.3) is 5.91 Å². The first-order chi connectivity index (χ1) is 9.84. The van der Waals surface area contributed by atoms with Crippen molar-refractivity contribution in [3.8, 4) is 6.07 Å². The smallest absolute Gasteiger partial charge is 0.251 e. The zero-order chi connectivity index (χ0) is 15.5. The fourth-order valence-corrected chi connectivity index (χ4v) is 2.65. The molecule has 0 saturated heterocycles. The average Bonchev–Trinajstić information content (AvgIpc) is 2.48. The summed E-state index contributed by atoms with van der Waals surface area (Å²) in [5.74, 6) is -0.245. The molecule has 0 heterocycles. The molecule has 1 amide bonds. The lowest BCUT2D eigenvalue weighted by Gasteiger charge is -2.40. The molecule has 0 atom stereocenters. The van der Waals surface area contributed by atoms with Crippen molar-refractivity contribution in [2.24, 2.45) is 5.41 Å². The number of carbonyl (C=O) groups excluding carboxylic acids is 1. The Bertz CT molecular complexity index is 562. The third-order valence-corrected chi connectivity index (χ3v) is 4.37. The molecule has 0 aliphatic heterocycles. The highest BCUT2D eigenvalue weighted by Gasteiger charge is 2.36. The van der Waals surface area contributed by atoms with Crippen molar-refractivity contribution >= 4 is 5.91 Å². The molecule has 0 spiro atoms. The van der Waals surface area contributed by atoms with Gasteiger partial charge in [0.2, 0.25) is 0 Å². The summed E-state index contributed by atoms with van der Waals surface area (Å²) >= 11 is 0. The van der Waals surface area contributed by atoms with Crippen molar-refractivity contribution in [2.75, 3.05) is 6.54 Å². The van der Waals surface area contributed by atoms with E-state index in [9.17, 15) is 9.90 Å². The second kappa shape index (κ2) is 5.87. The van der Waals surface area contributed by atoms with Gasteiger partial charge in [0.15, 0.2) is 0 Å². The highest BCUT2D eigenvalue weighted by Crippen LogP contribution is 2.39. The first-order valence-corrected chi connectivity index (χ1v) is 7.34. The number of aliphatic hydroxyl groups is 1. The predicted octanol–water partition coefficient (Wildman–Crippen LogP) is 2.62. The van der Waals surface area contributed by atoms with Crippen LogP contribution in [-0.2, 0) is 0 Å². The Morgan fingerprint density at radius 2 is 2.00 bits per heavy atom. The first-order valence-electron chi connectivity index (χ1n) is 7.34. The predicted molar refractivity (Wildman–Crippen MR) is 80.7 cm³/mol. The van der Waals surface area contributed by atoms with Crippen molar-refractivity contribution in [3.05, 3.63) is 35.4 Å². The van der Waals surface area contributed by atoms with Crippen LogP contribution in [0.2, 0.25) is 0 Å². The van der Waals surface area contributed by atoms with Crippen LogP contribution in [0.4, 0.5) is 0 Å². The van der Waals surface area contributed by atoms with E-state index >= 15 is 0 Å². The molecule has 112 valence electrons. The fourth-order valence-electron chi connectivity index (χ4n) is 2.65. The minimum Gasteiger partial charge on any atom is -0.388 e. The molecule has 0 aromatic heterocycles. The summed E-state index contributed by atoms with van der Waals surface area (Å²) in [6.45, 7) is 4.68. The monoisotopic (exact) mass is 286 g/mol. The van der Waals surface area contributed by atoms with Gasteiger partial charge in [-0.25, -0.2) is 0 Å². The Kier molecular flexibility index (Phi) is 4.34. The largest absolute Gasteiger partial charge is 0.388 e. The second-order valence-corrected chi connectivity index (χ2v) is 6.76. The molecule has 0 bridgehead atoms. The first kappa shape index (κ1) is 15.5. The normalized spacial score (nSPS) is 19.5. The van der Waals surface area contributed by atoms with E-state index in [1.165, 1.54) is 0 Å². The molecular formula is C17H22N2O2. The van der Waals surface area contributed by atoms with Crippen LogP contribution in [0.3, 0.4) is 0 Å². The number of amides is 1. The maximum Gasteiger partial charge on any atom is 0.251 e. The molecule has 1 aromatic carbocycles. The van der Waals surface area contributed by atoms with Crippen molar-refractivity contribution < 1.29 is 9.90 Å². The van der Waals surface area contributed by atoms with Gasteiger partial charge in [-0.1, -0.05) is 19.9 Å². The fraction of sp³-hybridized carbons (Fsp3) is 0.529. The molecule has 0 radical (unpaired) electrons. The number of carbonyl (C=O) groups is 1. The highest BCUT2D eigenvalue weighted by molar-refractivity contribution is 5.94. The Morgan fingerprint density at radius 1 is 1.33 bits per heavy atom. The van der Waals surface area contributed by atoms with Crippen LogP contribution in [0.5, 0.6) is 0 Å². The van der Waals surface area contributed by atoms with Crippen LogP contribution in [0.1, 0.15) is 55.5 Å². The van der Waals surface area contributed by atoms with Gasteiger partial charge in [-0.3, -0.25) is 4.79 Å². The van der Waals surface area contributed by atoms with E-state index < -0.39 is 5.60 Å². The molecule has 0 unspecified atom stereocenters. The van der Waals surface area contributed by atoms with E-state index in [0.717, 1.165) is 12.8 Å². The van der Waals surface area contributed by atoms with Gasteiger partial charge in [-0.2, -0.15) is 5.26 Å². The average molecular weight is 286 g/mol. The minimum atomic E-state index is -0.808. The number of hydrogen-bond donors (Lipinski definition) is 2. The topological polar surface area (TPSA) is 73.1 Å². The van der Waals surface area contributed by atoms with Crippen molar-refractivity contribution in [1.82, 2.24) is 5.32 Å². The quantitative estimate of drug-likeness (QED) is 0.897. The zero-order valence-corrected chi connectivity index (χ0v) is 12.6. The summed E-state index contributed by atoms with van der Waals surface area (Å²) in [6, 6.07) is 8.59. The van der Waals surface area contributed by atoms with Crippen LogP contribution < -0.4 is 5.32 Å². The highest BCUT2D eigenvalue weighted by atomic mass is 16.3. The maximum absolute atomic E-state index is 12.1. The van der Waals surface area contributed by atoms with Gasteiger partial charge in [-0.15, -0.1) is 0 Å². The number of hydrogen-bond acceptors (Lipinski definition) is 3. The number of nitrogens with one attached hydrogen (secondary N) is 1. The summed E-state index contributed by atoms with van der Waals surface area (Å²) in [6.07, 6.45) is 3.34. The molecular weight excluding hydrogens is 264 g/mol. The standard InChI is InChI=1S/C17H22N2O2/c1-16(2)6-8-17(21,9-7-16)12-19-15(20)14-5-3-4-13(10-14)11-18/h3-5,10,21H,6-9,12H2,1-2H3,(H,19,20). The zero-order valence-electron chi connectivity index (χ0n) is 12.6. The maximum atomic E-state index is 12.1. The molecule has 1 aliphatic carbocycles. The van der Waals surface area contributed by atoms with E-state index in [1.54, 1.807) is 24.3 Å². The van der Waals surface area contributed by atoms with Gasteiger partial charge in [-0.05, 0) is 49.3 Å². The summed E-state index contributed by atoms with van der Waals surface area (Å²) in [7, 11) is 0. The lowest BCUT2D eigenvalue weighted by atomic mass is 9.71. The number of nitrogens with zero attached hydrogens (tertiary/aromatic N) is 1. The molecule has 4 heteroatoms. The van der Waals surface area contributed by atoms with Crippen LogP contribution >= 0.6 is 0 Å². The van der Waals surface area contributed by atoms with Crippen LogP contribution in [0, 0.1) is 16.7 Å². The molecule has 21 heavy (non-hydrogen) atoms. The molecule has 1 saturated carbocycles. The number of rotatable bonds is 3. The van der Waals surface area contributed by atoms with Crippen molar-refractivity contribution in [1.29, 1.82) is 5.26 Å². The third kappa shape index (κ3) is 4.05. The van der Waals surface area contributed by atoms with Crippen LogP contribution in [0.15, 0.2) is 24.3 Å². The Labute approximate surface area is 125 Å². The molecule has 1 fully saturated rings. The van der Waals surface area contributed by atoms with E-state index in [4.69, 9.17) is 5.26 Å². The summed E-state index contributed by atoms with van der Waals surface area (Å²) in [4.78, 5) is 12.1. The summed E-state index contributed by atoms with van der Waals surface area (Å²) in [5.41, 5.74) is 0.379. The van der Waals surface area contributed by atoms with Gasteiger partial charge in [0, 0.05) is 12.1 Å². The van der Waals surface area contributed by atoms with Crippen LogP contribution in [-0.4, -0.2) is 23.2 Å². The Hall–Kier alpha value is -1.86. The Balaban J connectivity index is 1.93. The van der Waals surface area contributed by atoms with Gasteiger partial charge in [0.05, 0.1) is 17.2 Å². The second-order valence-electron chi connectivity index (χ2n) is 6.76. The van der Waals surface area contributed by atoms with Gasteiger partial charge in [0.1, 0.15) is 0 Å². The molecule has 1 aromatic rings. The summed E-state index contributed by atoms with van der Waals surface area (Å²) in [5, 5.41) is 22.2. The molecule has 1 aliphatic rings. The molecule has 4 nitrogen and oxygen atoms in total. The minimum absolute atomic E-state index is 0.245. The molecule has 2 rings (SSSR count). The number of nitriles is 1. The third-order valence-electron chi connectivity index (χ3n) is 4.37. The molecule has 2 N–H and O–H groups in total. The van der Waals surface area contributed by atoms with Crippen molar-refractivity contribution in [2.45, 2.75) is 45.1 Å². The van der Waals surface area contributed by atoms with E-state index in [0.29, 0.717) is 24.0 Å². The number of benzene rings is 1. The van der Waals surface area contributed by atoms with Gasteiger partial charge >= 0.3 is 0 Å². The lowest BCUT2D eigenvalue weighted by molar-refractivity contribution is -0.0233. The van der Waals surface area contributed by atoms with E-state index in [2.05, 4.69) is 19.2 Å². The van der Waals surface area contributed by atoms with E-state index in [1.807, 2.05) is 6.07 Å². The van der Waals surface area contributed by atoms with E-state index in [-0.39, 0.29) is 17.9 Å². The van der Waals surface area contributed by atoms with Gasteiger partial charge < -0.3 is 10.4 Å². The summed E-state index contributed by atoms with van der Waals surface area (Å²) < 4.78 is 0. The van der Waals surface area contributed by atoms with Crippen LogP contribution in [0.25, 0.3) is 0 Å². The SMILES string of the molecule is CC1(C)CCC(O)(CNC(=O)c2cccc(C#N)c2)CC1.